The van der Waals surface area contributed by atoms with Crippen molar-refractivity contribution in [1.82, 2.24) is 9.80 Å². The van der Waals surface area contributed by atoms with Gasteiger partial charge in [0.05, 0.1) is 26.2 Å². The summed E-state index contributed by atoms with van der Waals surface area (Å²) in [6, 6.07) is 0. The Bertz CT molecular complexity index is 442. The van der Waals surface area contributed by atoms with Crippen LogP contribution >= 0.6 is 7.82 Å². The number of aliphatic carboxylic acids is 4. The number of phosphoric acid groups is 1. The first-order chi connectivity index (χ1) is 11.2. The second-order valence-electron chi connectivity index (χ2n) is 4.44. The zero-order valence-corrected chi connectivity index (χ0v) is 13.5. The molecule has 0 unspecified atom stereocenters. The number of rotatable bonds is 11. The van der Waals surface area contributed by atoms with E-state index in [0.717, 1.165) is 9.80 Å². The number of nitrogens with zero attached hydrogens (tertiary/aromatic N) is 2. The highest BCUT2D eigenvalue weighted by atomic mass is 31.2. The second kappa shape index (κ2) is 12.3. The third kappa shape index (κ3) is 24.3. The zero-order chi connectivity index (χ0) is 20.2. The molecule has 0 bridgehead atoms. The average molecular weight is 387 g/mol. The van der Waals surface area contributed by atoms with Gasteiger partial charge in [-0.1, -0.05) is 0 Å². The number of carbonyl (C=O) groups is 4. The molecule has 0 saturated carbocycles. The molecular formula is C10H16N2O12P-3. The lowest BCUT2D eigenvalue weighted by Crippen LogP contribution is -2.43. The molecule has 146 valence electrons. The minimum Gasteiger partial charge on any atom is -0.822 e. The molecule has 25 heavy (non-hydrogen) atoms. The van der Waals surface area contributed by atoms with Gasteiger partial charge in [-0.2, -0.15) is 7.82 Å². The lowest BCUT2D eigenvalue weighted by Gasteiger charge is -2.36. The largest absolute Gasteiger partial charge is 0.822 e. The van der Waals surface area contributed by atoms with Crippen molar-refractivity contribution in [3.8, 4) is 0 Å². The van der Waals surface area contributed by atoms with E-state index in [1.165, 1.54) is 0 Å². The van der Waals surface area contributed by atoms with E-state index in [1.807, 2.05) is 0 Å². The molecule has 0 aromatic heterocycles. The van der Waals surface area contributed by atoms with Crippen LogP contribution in [0, 0.1) is 0 Å². The molecule has 0 aromatic carbocycles. The summed E-state index contributed by atoms with van der Waals surface area (Å²) in [4.78, 5) is 70.0. The van der Waals surface area contributed by atoms with Crippen molar-refractivity contribution in [2.24, 2.45) is 0 Å². The van der Waals surface area contributed by atoms with E-state index in [9.17, 15) is 19.2 Å². The molecule has 0 fully saturated rings. The smallest absolute Gasteiger partial charge is 0.317 e. The summed E-state index contributed by atoms with van der Waals surface area (Å²) in [7, 11) is -5.39. The number of carboxylic acids is 4. The molecule has 0 aliphatic rings. The van der Waals surface area contributed by atoms with Crippen LogP contribution in [-0.4, -0.2) is 93.4 Å². The average Bonchev–Trinajstić information content (AvgIpc) is 2.30. The SMILES string of the molecule is O=C(O)CN(CCN(CC(=O)O)CC(=O)O)CC(=O)O.O=P([O-])([O-])[O-]. The van der Waals surface area contributed by atoms with E-state index >= 15 is 0 Å². The molecular weight excluding hydrogens is 371 g/mol. The van der Waals surface area contributed by atoms with Crippen molar-refractivity contribution in [2.75, 3.05) is 39.3 Å². The fraction of sp³-hybridized carbons (Fsp3) is 0.600. The zero-order valence-electron chi connectivity index (χ0n) is 12.6. The summed E-state index contributed by atoms with van der Waals surface area (Å²) < 4.78 is 8.55. The van der Waals surface area contributed by atoms with Crippen LogP contribution in [0.25, 0.3) is 0 Å². The first-order valence-corrected chi connectivity index (χ1v) is 7.71. The second-order valence-corrected chi connectivity index (χ2v) is 5.34. The summed E-state index contributed by atoms with van der Waals surface area (Å²) in [6.07, 6.45) is 0. The van der Waals surface area contributed by atoms with Crippen LogP contribution < -0.4 is 14.7 Å². The molecule has 0 spiro atoms. The van der Waals surface area contributed by atoms with Gasteiger partial charge in [0.1, 0.15) is 0 Å². The highest BCUT2D eigenvalue weighted by molar-refractivity contribution is 7.40. The van der Waals surface area contributed by atoms with E-state index in [1.54, 1.807) is 0 Å². The van der Waals surface area contributed by atoms with Gasteiger partial charge in [-0.15, -0.1) is 0 Å². The molecule has 0 rings (SSSR count). The van der Waals surface area contributed by atoms with Gasteiger partial charge < -0.3 is 39.7 Å². The highest BCUT2D eigenvalue weighted by Gasteiger charge is 2.17. The lowest BCUT2D eigenvalue weighted by atomic mass is 10.4. The predicted molar refractivity (Wildman–Crippen MR) is 71.0 cm³/mol. The van der Waals surface area contributed by atoms with Crippen LogP contribution in [-0.2, 0) is 23.7 Å². The Labute approximate surface area is 140 Å². The summed E-state index contributed by atoms with van der Waals surface area (Å²) >= 11 is 0. The first-order valence-electron chi connectivity index (χ1n) is 6.25. The van der Waals surface area contributed by atoms with Gasteiger partial charge in [-0.25, -0.2) is 0 Å². The molecule has 4 N–H and O–H groups in total. The van der Waals surface area contributed by atoms with E-state index in [2.05, 4.69) is 0 Å². The summed E-state index contributed by atoms with van der Waals surface area (Å²) in [5.41, 5.74) is 0. The van der Waals surface area contributed by atoms with Gasteiger partial charge in [-0.3, -0.25) is 29.0 Å². The molecule has 0 radical (unpaired) electrons. The first kappa shape index (κ1) is 25.2. The molecule has 14 nitrogen and oxygen atoms in total. The highest BCUT2D eigenvalue weighted by Crippen LogP contribution is 2.03. The van der Waals surface area contributed by atoms with Crippen LogP contribution in [0.4, 0.5) is 0 Å². The third-order valence-corrected chi connectivity index (χ3v) is 2.17. The van der Waals surface area contributed by atoms with Crippen LogP contribution in [0.3, 0.4) is 0 Å². The standard InChI is InChI=1S/C10H16N2O8.H3O4P/c13-7(14)3-11(4-8(15)16)1-2-12(5-9(17)18)6-10(19)20;1-5(2,3)4/h1-6H2,(H,13,14)(H,15,16)(H,17,18)(H,19,20);(H3,1,2,3,4)/p-3. The lowest BCUT2D eigenvalue weighted by molar-refractivity contribution is -0.432. The van der Waals surface area contributed by atoms with Gasteiger partial charge in [-0.05, 0) is 0 Å². The van der Waals surface area contributed by atoms with Gasteiger partial charge in [0.25, 0.3) is 0 Å². The molecule has 15 heteroatoms. The monoisotopic (exact) mass is 387 g/mol. The van der Waals surface area contributed by atoms with E-state index in [-0.39, 0.29) is 13.1 Å². The molecule has 0 saturated heterocycles. The Morgan fingerprint density at radius 2 is 0.800 bits per heavy atom. The van der Waals surface area contributed by atoms with Gasteiger partial charge in [0.15, 0.2) is 0 Å². The molecule has 0 aromatic rings. The quantitative estimate of drug-likeness (QED) is 0.243. The van der Waals surface area contributed by atoms with Crippen molar-refractivity contribution in [2.45, 2.75) is 0 Å². The van der Waals surface area contributed by atoms with Crippen LogP contribution in [0.1, 0.15) is 0 Å². The minimum atomic E-state index is -5.39. The van der Waals surface area contributed by atoms with Crippen LogP contribution in [0.15, 0.2) is 0 Å². The normalized spacial score (nSPS) is 10.9. The summed E-state index contributed by atoms with van der Waals surface area (Å²) in [5, 5.41) is 34.5. The third-order valence-electron chi connectivity index (χ3n) is 2.17. The van der Waals surface area contributed by atoms with Crippen molar-refractivity contribution in [3.05, 3.63) is 0 Å². The van der Waals surface area contributed by atoms with E-state index in [0.29, 0.717) is 0 Å². The topological polar surface area (TPSA) is 242 Å². The maximum Gasteiger partial charge on any atom is 0.317 e. The van der Waals surface area contributed by atoms with Crippen molar-refractivity contribution >= 4 is 31.7 Å². The molecule has 0 amide bonds. The number of hydrogen-bond acceptors (Lipinski definition) is 10. The summed E-state index contributed by atoms with van der Waals surface area (Å²) in [6.45, 7) is -2.25. The fourth-order valence-electron chi connectivity index (χ4n) is 1.48. The van der Waals surface area contributed by atoms with Crippen molar-refractivity contribution in [3.63, 3.8) is 0 Å². The van der Waals surface area contributed by atoms with Crippen molar-refractivity contribution in [1.29, 1.82) is 0 Å². The molecule has 0 aliphatic heterocycles. The van der Waals surface area contributed by atoms with Crippen LogP contribution in [0.2, 0.25) is 0 Å². The van der Waals surface area contributed by atoms with E-state index < -0.39 is 57.9 Å². The Morgan fingerprint density at radius 1 is 0.640 bits per heavy atom. The maximum absolute atomic E-state index is 10.6. The number of hydrogen-bond donors (Lipinski definition) is 4. The Kier molecular flexibility index (Phi) is 12.4. The Hall–Kier alpha value is -2.09. The fourth-order valence-corrected chi connectivity index (χ4v) is 1.48. The van der Waals surface area contributed by atoms with Gasteiger partial charge >= 0.3 is 23.9 Å². The summed E-state index contributed by atoms with van der Waals surface area (Å²) in [5.74, 6) is -4.91. The van der Waals surface area contributed by atoms with Crippen LogP contribution in [0.5, 0.6) is 0 Å². The predicted octanol–water partition coefficient (Wildman–Crippen LogP) is -4.90. The minimum absolute atomic E-state index is 0.0703. The van der Waals surface area contributed by atoms with Crippen molar-refractivity contribution < 1.29 is 58.8 Å². The molecule has 0 atom stereocenters. The number of carboxylic acid groups (broad SMARTS) is 4. The maximum atomic E-state index is 10.6. The molecule has 0 heterocycles. The Morgan fingerprint density at radius 3 is 0.920 bits per heavy atom. The van der Waals surface area contributed by atoms with E-state index in [4.69, 9.17) is 39.7 Å². The molecule has 0 aliphatic carbocycles. The van der Waals surface area contributed by atoms with Gasteiger partial charge in [0.2, 0.25) is 0 Å². The van der Waals surface area contributed by atoms with Gasteiger partial charge in [0, 0.05) is 13.1 Å². The Balaban J connectivity index is 0.